The predicted molar refractivity (Wildman–Crippen MR) is 416 cm³/mol. The van der Waals surface area contributed by atoms with E-state index in [4.69, 9.17) is 18.9 Å². The molecule has 97 heavy (non-hydrogen) atoms. The van der Waals surface area contributed by atoms with Gasteiger partial charge in [0.25, 0.3) is 0 Å². The lowest BCUT2D eigenvalue weighted by Gasteiger charge is -2.26. The third kappa shape index (κ3) is 77.4. The van der Waals surface area contributed by atoms with E-state index >= 15 is 0 Å². The minimum atomic E-state index is -1.64. The Hall–Kier alpha value is -5.87. The molecule has 0 N–H and O–H groups in total. The smallest absolute Gasteiger partial charge is 0.306 e. The van der Waals surface area contributed by atoms with E-state index in [1.807, 2.05) is 21.1 Å². The molecule has 0 heterocycles. The molecule has 0 aromatic heterocycles. The highest BCUT2D eigenvalue weighted by atomic mass is 16.7. The van der Waals surface area contributed by atoms with Gasteiger partial charge in [0, 0.05) is 12.8 Å². The first-order valence-corrected chi connectivity index (χ1v) is 38.6. The first-order valence-electron chi connectivity index (χ1n) is 38.6. The molecule has 0 spiro atoms. The van der Waals surface area contributed by atoms with Gasteiger partial charge in [-0.25, -0.2) is 0 Å². The van der Waals surface area contributed by atoms with E-state index in [1.54, 1.807) is 0 Å². The van der Waals surface area contributed by atoms with Crippen LogP contribution < -0.4 is 5.11 Å². The van der Waals surface area contributed by atoms with Crippen molar-refractivity contribution in [3.05, 3.63) is 194 Å². The Bertz CT molecular complexity index is 2310. The summed E-state index contributed by atoms with van der Waals surface area (Å²) < 4.78 is 22.8. The van der Waals surface area contributed by atoms with Gasteiger partial charge < -0.3 is 33.3 Å². The summed E-state index contributed by atoms with van der Waals surface area (Å²) in [7, 11) is 5.92. The normalized spacial score (nSPS) is 13.8. The average molecular weight is 1340 g/mol. The lowest BCUT2D eigenvalue weighted by molar-refractivity contribution is -0.870. The SMILES string of the molecule is CC/C=C\C/C=C\C/C=C\C/C=C\C/C=C\C/C=C\C/C=C\C/C=C\C/C=C\CCCCCCCCCC(=O)OC(COC(=O)CCCCCCCCCCCCCCCCC/C=C\C/C=C\C/C=C\C/C=C\C/C=C\C/C=C\C/C=C\CC)COC(OCC[N+](C)(C)C)C(=O)[O-]. The second-order valence-electron chi connectivity index (χ2n) is 26.2. The van der Waals surface area contributed by atoms with Crippen molar-refractivity contribution in [3.8, 4) is 0 Å². The molecule has 0 aliphatic carbocycles. The number of likely N-dealkylation sites (N-methyl/N-ethyl adjacent to an activating group) is 1. The van der Waals surface area contributed by atoms with Crippen molar-refractivity contribution in [2.45, 2.75) is 296 Å². The number of rotatable bonds is 69. The summed E-state index contributed by atoms with van der Waals surface area (Å²) >= 11 is 0. The molecule has 0 rings (SSSR count). The average Bonchev–Trinajstić information content (AvgIpc) is 3.74. The van der Waals surface area contributed by atoms with E-state index < -0.39 is 24.3 Å². The van der Waals surface area contributed by atoms with Gasteiger partial charge in [0.15, 0.2) is 12.4 Å². The van der Waals surface area contributed by atoms with E-state index in [1.165, 1.54) is 103 Å². The Morgan fingerprint density at radius 3 is 0.825 bits per heavy atom. The molecule has 0 aliphatic heterocycles. The number of hydrogen-bond donors (Lipinski definition) is 0. The summed E-state index contributed by atoms with van der Waals surface area (Å²) in [6.45, 7) is 4.50. The minimum absolute atomic E-state index is 0.136. The Morgan fingerprint density at radius 1 is 0.309 bits per heavy atom. The van der Waals surface area contributed by atoms with Crippen molar-refractivity contribution < 1.29 is 42.9 Å². The molecule has 2 atom stereocenters. The molecular weight excluding hydrogens is 1200 g/mol. The monoisotopic (exact) mass is 1340 g/mol. The molecule has 0 saturated heterocycles. The molecular formula is C88H141NO8. The molecule has 9 nitrogen and oxygen atoms in total. The summed E-state index contributed by atoms with van der Waals surface area (Å²) in [6, 6.07) is 0. The van der Waals surface area contributed by atoms with Gasteiger partial charge in [0.05, 0.1) is 40.3 Å². The van der Waals surface area contributed by atoms with E-state index in [9.17, 15) is 19.5 Å². The highest BCUT2D eigenvalue weighted by Crippen LogP contribution is 2.16. The van der Waals surface area contributed by atoms with Crippen LogP contribution >= 0.6 is 0 Å². The largest absolute Gasteiger partial charge is 0.545 e. The summed E-state index contributed by atoms with van der Waals surface area (Å²) in [5.74, 6) is -2.31. The van der Waals surface area contributed by atoms with Crippen molar-refractivity contribution in [1.82, 2.24) is 0 Å². The molecule has 0 aromatic rings. The van der Waals surface area contributed by atoms with Gasteiger partial charge in [0.2, 0.25) is 0 Å². The summed E-state index contributed by atoms with van der Waals surface area (Å²) in [6.07, 6.45) is 114. The summed E-state index contributed by atoms with van der Waals surface area (Å²) in [4.78, 5) is 37.6. The maximum Gasteiger partial charge on any atom is 0.306 e. The van der Waals surface area contributed by atoms with Crippen LogP contribution in [-0.2, 0) is 33.3 Å². The second kappa shape index (κ2) is 75.9. The van der Waals surface area contributed by atoms with Gasteiger partial charge in [-0.05, 0) is 141 Å². The molecule has 2 unspecified atom stereocenters. The van der Waals surface area contributed by atoms with Crippen LogP contribution in [0, 0.1) is 0 Å². The zero-order chi connectivity index (χ0) is 70.4. The van der Waals surface area contributed by atoms with Crippen LogP contribution in [0.15, 0.2) is 194 Å². The van der Waals surface area contributed by atoms with E-state index in [0.717, 1.165) is 148 Å². The number of hydrogen-bond acceptors (Lipinski definition) is 8. The third-order valence-electron chi connectivity index (χ3n) is 15.8. The van der Waals surface area contributed by atoms with Crippen molar-refractivity contribution in [2.75, 3.05) is 47.5 Å². The van der Waals surface area contributed by atoms with Crippen LogP contribution in [0.25, 0.3) is 0 Å². The van der Waals surface area contributed by atoms with Gasteiger partial charge in [-0.2, -0.15) is 0 Å². The maximum atomic E-state index is 13.0. The summed E-state index contributed by atoms with van der Waals surface area (Å²) in [5.41, 5.74) is 0. The Labute approximate surface area is 595 Å². The van der Waals surface area contributed by atoms with Crippen molar-refractivity contribution in [1.29, 1.82) is 0 Å². The fraction of sp³-hybridized carbons (Fsp3) is 0.602. The number of allylic oxidation sites excluding steroid dienone is 32. The second-order valence-corrected chi connectivity index (χ2v) is 26.2. The molecule has 0 aromatic carbocycles. The molecule has 0 amide bonds. The lowest BCUT2D eigenvalue weighted by Crippen LogP contribution is -2.44. The van der Waals surface area contributed by atoms with Gasteiger partial charge >= 0.3 is 11.9 Å². The van der Waals surface area contributed by atoms with E-state index in [-0.39, 0.29) is 38.6 Å². The van der Waals surface area contributed by atoms with Crippen molar-refractivity contribution in [2.24, 2.45) is 0 Å². The standard InChI is InChI=1S/C88H141NO8/c1-6-8-10-12-14-16-18-20-22-24-26-28-30-32-34-36-38-40-42-43-45-46-48-50-52-54-56-58-60-62-64-66-68-70-72-74-76-78-85(90)95-82-84(83-96-88(87(92)93)94-81-80-89(3,4)5)97-86(91)79-77-75-73-71-69-67-65-63-61-59-57-55-53-51-49-47-44-41-39-37-35-33-31-29-27-25-23-21-19-17-15-13-11-9-7-2/h8-11,14-17,20-23,26-29,32-35,38-41,43,45,47,49,53,55,59,61,84,88H,6-7,12-13,18-19,24-25,30-31,36-37,42,44,46,48,50-52,54,56-58,60,62-83H2,1-5H3/b10-8-,11-9-,16-14-,17-15-,22-20-,23-21-,28-26-,29-27-,34-32-,35-33-,40-38-,41-39-,45-43-,49-47-,55-53-,61-59-. The van der Waals surface area contributed by atoms with Crippen LogP contribution in [0.1, 0.15) is 284 Å². The molecule has 0 aliphatic rings. The number of carbonyl (C=O) groups is 3. The highest BCUT2D eigenvalue weighted by molar-refractivity contribution is 5.70. The first kappa shape index (κ1) is 91.1. The number of nitrogens with zero attached hydrogens (tertiary/aromatic N) is 1. The molecule has 0 fully saturated rings. The fourth-order valence-corrected chi connectivity index (χ4v) is 10.0. The highest BCUT2D eigenvalue weighted by Gasteiger charge is 2.22. The van der Waals surface area contributed by atoms with Crippen LogP contribution in [0.5, 0.6) is 0 Å². The van der Waals surface area contributed by atoms with E-state index in [2.05, 4.69) is 208 Å². The predicted octanol–water partition coefficient (Wildman–Crippen LogP) is 23.6. The number of esters is 2. The number of carboxylic acids is 1. The molecule has 546 valence electrons. The summed E-state index contributed by atoms with van der Waals surface area (Å²) in [5, 5.41) is 11.9. The number of carbonyl (C=O) groups excluding carboxylic acids is 3. The Morgan fingerprint density at radius 2 is 0.557 bits per heavy atom. The number of quaternary nitrogens is 1. The van der Waals surface area contributed by atoms with Gasteiger partial charge in [-0.3, -0.25) is 9.59 Å². The zero-order valence-electron chi connectivity index (χ0n) is 62.4. The van der Waals surface area contributed by atoms with Gasteiger partial charge in [-0.15, -0.1) is 0 Å². The lowest BCUT2D eigenvalue weighted by atomic mass is 10.0. The topological polar surface area (TPSA) is 111 Å². The maximum absolute atomic E-state index is 13.0. The molecule has 0 radical (unpaired) electrons. The fourth-order valence-electron chi connectivity index (χ4n) is 10.0. The van der Waals surface area contributed by atoms with Gasteiger partial charge in [-0.1, -0.05) is 324 Å². The Balaban J connectivity index is 4.15. The minimum Gasteiger partial charge on any atom is -0.545 e. The number of aliphatic carboxylic acids is 1. The Kier molecular flexibility index (Phi) is 71.3. The van der Waals surface area contributed by atoms with E-state index in [0.29, 0.717) is 17.4 Å². The van der Waals surface area contributed by atoms with Crippen LogP contribution in [0.3, 0.4) is 0 Å². The molecule has 9 heteroatoms. The number of unbranched alkanes of at least 4 members (excludes halogenated alkanes) is 22. The quantitative estimate of drug-likeness (QED) is 0.0195. The zero-order valence-corrected chi connectivity index (χ0v) is 62.4. The number of ether oxygens (including phenoxy) is 4. The van der Waals surface area contributed by atoms with Crippen molar-refractivity contribution >= 4 is 17.9 Å². The van der Waals surface area contributed by atoms with Crippen LogP contribution in [0.4, 0.5) is 0 Å². The van der Waals surface area contributed by atoms with Gasteiger partial charge in [0.1, 0.15) is 13.2 Å². The number of carboxylic acid groups (broad SMARTS) is 1. The van der Waals surface area contributed by atoms with Crippen molar-refractivity contribution in [3.63, 3.8) is 0 Å². The van der Waals surface area contributed by atoms with Crippen LogP contribution in [-0.4, -0.2) is 82.3 Å². The molecule has 0 bridgehead atoms. The molecule has 0 saturated carbocycles. The third-order valence-corrected chi connectivity index (χ3v) is 15.8. The van der Waals surface area contributed by atoms with Crippen LogP contribution in [0.2, 0.25) is 0 Å². The first-order chi connectivity index (χ1) is 47.6.